The number of aromatic nitrogens is 2. The second-order valence-corrected chi connectivity index (χ2v) is 6.35. The van der Waals surface area contributed by atoms with Crippen LogP contribution in [-0.4, -0.2) is 22.4 Å². The zero-order valence-electron chi connectivity index (χ0n) is 12.0. The van der Waals surface area contributed by atoms with E-state index in [0.29, 0.717) is 24.2 Å². The van der Waals surface area contributed by atoms with E-state index in [1.54, 1.807) is 11.8 Å². The van der Waals surface area contributed by atoms with Crippen LogP contribution in [0.15, 0.2) is 33.7 Å². The fourth-order valence-corrected chi connectivity index (χ4v) is 3.12. The lowest BCUT2D eigenvalue weighted by molar-refractivity contribution is 0.205. The summed E-state index contributed by atoms with van der Waals surface area (Å²) >= 11 is 1.76. The smallest absolute Gasteiger partial charge is 0.226 e. The van der Waals surface area contributed by atoms with E-state index >= 15 is 0 Å². The highest BCUT2D eigenvalue weighted by atomic mass is 32.2. The SMILES string of the molecule is CC(CN)CCc1nc(C2CSc3ccccc3O2)no1. The number of benzene rings is 1. The Kier molecular flexibility index (Phi) is 4.45. The lowest BCUT2D eigenvalue weighted by Crippen LogP contribution is -2.16. The second kappa shape index (κ2) is 6.49. The van der Waals surface area contributed by atoms with E-state index in [0.717, 1.165) is 29.2 Å². The zero-order chi connectivity index (χ0) is 14.7. The van der Waals surface area contributed by atoms with Crippen LogP contribution in [0, 0.1) is 5.92 Å². The van der Waals surface area contributed by atoms with Crippen LogP contribution in [0.25, 0.3) is 0 Å². The molecule has 0 bridgehead atoms. The normalized spacial score (nSPS) is 18.9. The van der Waals surface area contributed by atoms with Crippen molar-refractivity contribution in [2.45, 2.75) is 30.8 Å². The summed E-state index contributed by atoms with van der Waals surface area (Å²) in [5.74, 6) is 3.45. The predicted molar refractivity (Wildman–Crippen MR) is 81.4 cm³/mol. The molecular formula is C15H19N3O2S. The van der Waals surface area contributed by atoms with Gasteiger partial charge in [0, 0.05) is 17.1 Å². The lowest BCUT2D eigenvalue weighted by atomic mass is 10.1. The van der Waals surface area contributed by atoms with Crippen LogP contribution in [0.1, 0.15) is 31.2 Å². The zero-order valence-corrected chi connectivity index (χ0v) is 12.8. The molecule has 21 heavy (non-hydrogen) atoms. The van der Waals surface area contributed by atoms with Crippen molar-refractivity contribution in [1.82, 2.24) is 10.1 Å². The molecule has 1 aromatic carbocycles. The van der Waals surface area contributed by atoms with Crippen molar-refractivity contribution in [2.24, 2.45) is 11.7 Å². The first-order valence-corrected chi connectivity index (χ1v) is 8.16. The summed E-state index contributed by atoms with van der Waals surface area (Å²) < 4.78 is 11.3. The first-order chi connectivity index (χ1) is 10.3. The number of ether oxygens (including phenoxy) is 1. The van der Waals surface area contributed by atoms with Gasteiger partial charge in [0.25, 0.3) is 0 Å². The van der Waals surface area contributed by atoms with E-state index in [1.165, 1.54) is 0 Å². The van der Waals surface area contributed by atoms with Gasteiger partial charge in [0.1, 0.15) is 5.75 Å². The van der Waals surface area contributed by atoms with Gasteiger partial charge >= 0.3 is 0 Å². The number of fused-ring (bicyclic) bond motifs is 1. The molecule has 2 unspecified atom stereocenters. The third kappa shape index (κ3) is 3.39. The third-order valence-corrected chi connectivity index (χ3v) is 4.65. The molecule has 1 aliphatic heterocycles. The van der Waals surface area contributed by atoms with Crippen LogP contribution in [0.4, 0.5) is 0 Å². The van der Waals surface area contributed by atoms with Gasteiger partial charge in [-0.15, -0.1) is 11.8 Å². The van der Waals surface area contributed by atoms with E-state index in [2.05, 4.69) is 23.1 Å². The topological polar surface area (TPSA) is 74.2 Å². The van der Waals surface area contributed by atoms with Crippen molar-refractivity contribution in [3.8, 4) is 5.75 Å². The summed E-state index contributed by atoms with van der Waals surface area (Å²) in [7, 11) is 0. The highest BCUT2D eigenvalue weighted by Crippen LogP contribution is 2.39. The van der Waals surface area contributed by atoms with Gasteiger partial charge in [0.05, 0.1) is 0 Å². The highest BCUT2D eigenvalue weighted by Gasteiger charge is 2.26. The van der Waals surface area contributed by atoms with Crippen molar-refractivity contribution in [2.75, 3.05) is 12.3 Å². The van der Waals surface area contributed by atoms with Crippen LogP contribution >= 0.6 is 11.8 Å². The van der Waals surface area contributed by atoms with E-state index in [9.17, 15) is 0 Å². The van der Waals surface area contributed by atoms with Gasteiger partial charge in [0.15, 0.2) is 6.10 Å². The molecule has 0 spiro atoms. The van der Waals surface area contributed by atoms with E-state index in [4.69, 9.17) is 15.0 Å². The van der Waals surface area contributed by atoms with Crippen LogP contribution in [0.3, 0.4) is 0 Å². The number of thioether (sulfide) groups is 1. The molecule has 2 atom stereocenters. The number of nitrogens with two attached hydrogens (primary N) is 1. The Labute approximate surface area is 128 Å². The summed E-state index contributed by atoms with van der Waals surface area (Å²) in [6, 6.07) is 8.02. The average molecular weight is 305 g/mol. The number of nitrogens with zero attached hydrogens (tertiary/aromatic N) is 2. The van der Waals surface area contributed by atoms with Gasteiger partial charge in [-0.25, -0.2) is 0 Å². The van der Waals surface area contributed by atoms with Crippen LogP contribution in [-0.2, 0) is 6.42 Å². The molecule has 0 saturated carbocycles. The minimum absolute atomic E-state index is 0.144. The Morgan fingerprint density at radius 3 is 3.14 bits per heavy atom. The Balaban J connectivity index is 1.65. The first-order valence-electron chi connectivity index (χ1n) is 7.17. The second-order valence-electron chi connectivity index (χ2n) is 5.29. The first kappa shape index (κ1) is 14.4. The molecule has 0 amide bonds. The molecule has 5 nitrogen and oxygen atoms in total. The molecule has 0 aliphatic carbocycles. The average Bonchev–Trinajstić information content (AvgIpc) is 3.01. The molecular weight excluding hydrogens is 286 g/mol. The molecule has 1 aliphatic rings. The monoisotopic (exact) mass is 305 g/mol. The van der Waals surface area contributed by atoms with Gasteiger partial charge in [-0.1, -0.05) is 24.2 Å². The fourth-order valence-electron chi connectivity index (χ4n) is 2.13. The quantitative estimate of drug-likeness (QED) is 0.915. The molecule has 2 heterocycles. The summed E-state index contributed by atoms with van der Waals surface area (Å²) in [6.45, 7) is 2.80. The Morgan fingerprint density at radius 1 is 1.43 bits per heavy atom. The van der Waals surface area contributed by atoms with E-state index in [-0.39, 0.29) is 6.10 Å². The van der Waals surface area contributed by atoms with Crippen molar-refractivity contribution in [1.29, 1.82) is 0 Å². The van der Waals surface area contributed by atoms with Gasteiger partial charge < -0.3 is 15.0 Å². The minimum atomic E-state index is -0.144. The maximum Gasteiger partial charge on any atom is 0.226 e. The van der Waals surface area contributed by atoms with Gasteiger partial charge in [-0.3, -0.25) is 0 Å². The lowest BCUT2D eigenvalue weighted by Gasteiger charge is -2.22. The van der Waals surface area contributed by atoms with Gasteiger partial charge in [0.2, 0.25) is 11.7 Å². The molecule has 0 radical (unpaired) electrons. The standard InChI is InChI=1S/C15H19N3O2S/c1-10(8-16)6-7-14-17-15(18-20-14)12-9-21-13-5-3-2-4-11(13)19-12/h2-5,10,12H,6-9,16H2,1H3. The molecule has 112 valence electrons. The maximum absolute atomic E-state index is 5.95. The van der Waals surface area contributed by atoms with Gasteiger partial charge in [-0.2, -0.15) is 4.98 Å². The van der Waals surface area contributed by atoms with E-state index in [1.807, 2.05) is 18.2 Å². The van der Waals surface area contributed by atoms with Crippen molar-refractivity contribution < 1.29 is 9.26 Å². The van der Waals surface area contributed by atoms with Crippen molar-refractivity contribution >= 4 is 11.8 Å². The number of aryl methyl sites for hydroxylation is 1. The number of hydrogen-bond acceptors (Lipinski definition) is 6. The Hall–Kier alpha value is -1.53. The number of rotatable bonds is 5. The van der Waals surface area contributed by atoms with Crippen molar-refractivity contribution in [3.05, 3.63) is 36.0 Å². The number of para-hydroxylation sites is 1. The minimum Gasteiger partial charge on any atom is -0.480 e. The molecule has 6 heteroatoms. The third-order valence-electron chi connectivity index (χ3n) is 3.53. The van der Waals surface area contributed by atoms with E-state index < -0.39 is 0 Å². The fraction of sp³-hybridized carbons (Fsp3) is 0.467. The molecule has 0 fully saturated rings. The molecule has 3 rings (SSSR count). The highest BCUT2D eigenvalue weighted by molar-refractivity contribution is 7.99. The maximum atomic E-state index is 5.95. The van der Waals surface area contributed by atoms with Crippen LogP contribution in [0.5, 0.6) is 5.75 Å². The Morgan fingerprint density at radius 2 is 2.29 bits per heavy atom. The summed E-state index contributed by atoms with van der Waals surface area (Å²) in [4.78, 5) is 5.62. The van der Waals surface area contributed by atoms with Crippen molar-refractivity contribution in [3.63, 3.8) is 0 Å². The number of hydrogen-bond donors (Lipinski definition) is 1. The van der Waals surface area contributed by atoms with Gasteiger partial charge in [-0.05, 0) is 31.0 Å². The molecule has 1 aromatic heterocycles. The molecule has 2 N–H and O–H groups in total. The largest absolute Gasteiger partial charge is 0.480 e. The summed E-state index contributed by atoms with van der Waals surface area (Å²) in [5, 5.41) is 4.06. The van der Waals surface area contributed by atoms with Crippen LogP contribution < -0.4 is 10.5 Å². The summed E-state index contributed by atoms with van der Waals surface area (Å²) in [5.41, 5.74) is 5.61. The Bertz CT molecular complexity index is 602. The molecule has 2 aromatic rings. The van der Waals surface area contributed by atoms with Crippen LogP contribution in [0.2, 0.25) is 0 Å². The predicted octanol–water partition coefficient (Wildman–Crippen LogP) is 2.82. The summed E-state index contributed by atoms with van der Waals surface area (Å²) in [6.07, 6.45) is 1.58. The molecule has 0 saturated heterocycles.